The zero-order valence-electron chi connectivity index (χ0n) is 22.5. The molecule has 0 saturated heterocycles. The molecule has 2 atom stereocenters. The van der Waals surface area contributed by atoms with E-state index in [9.17, 15) is 18.0 Å². The van der Waals surface area contributed by atoms with Crippen LogP contribution in [0.1, 0.15) is 31.4 Å². The van der Waals surface area contributed by atoms with E-state index in [4.69, 9.17) is 23.2 Å². The minimum absolute atomic E-state index is 0.0113. The Morgan fingerprint density at radius 3 is 2.20 bits per heavy atom. The summed E-state index contributed by atoms with van der Waals surface area (Å²) < 4.78 is 27.6. The number of sulfonamides is 1. The Hall–Kier alpha value is -2.59. The minimum Gasteiger partial charge on any atom is -0.352 e. The summed E-state index contributed by atoms with van der Waals surface area (Å²) >= 11 is 16.0. The Morgan fingerprint density at radius 2 is 1.60 bits per heavy atom. The Balaban J connectivity index is 2.08. The van der Waals surface area contributed by atoms with Gasteiger partial charge in [-0.2, -0.15) is 0 Å². The van der Waals surface area contributed by atoms with Crippen LogP contribution in [0.2, 0.25) is 10.0 Å². The molecule has 3 rings (SSSR count). The molecule has 214 valence electrons. The van der Waals surface area contributed by atoms with E-state index in [1.165, 1.54) is 17.0 Å². The topological polar surface area (TPSA) is 86.8 Å². The maximum Gasteiger partial charge on any atom is 0.244 e. The summed E-state index contributed by atoms with van der Waals surface area (Å²) in [6.45, 7) is 3.36. The summed E-state index contributed by atoms with van der Waals surface area (Å²) in [5, 5.41) is 3.17. The summed E-state index contributed by atoms with van der Waals surface area (Å²) in [5.41, 5.74) is 1.72. The lowest BCUT2D eigenvalue weighted by Crippen LogP contribution is -2.54. The van der Waals surface area contributed by atoms with Gasteiger partial charge in [-0.1, -0.05) is 94.6 Å². The van der Waals surface area contributed by atoms with Crippen LogP contribution in [0.4, 0.5) is 5.69 Å². The molecule has 0 aliphatic carbocycles. The van der Waals surface area contributed by atoms with E-state index in [2.05, 4.69) is 21.2 Å². The number of rotatable bonds is 12. The lowest BCUT2D eigenvalue weighted by atomic mass is 10.0. The highest BCUT2D eigenvalue weighted by Gasteiger charge is 2.34. The summed E-state index contributed by atoms with van der Waals surface area (Å²) in [4.78, 5) is 29.2. The largest absolute Gasteiger partial charge is 0.352 e. The Labute approximate surface area is 254 Å². The third-order valence-electron chi connectivity index (χ3n) is 6.42. The first-order valence-corrected chi connectivity index (χ1v) is 16.1. The summed E-state index contributed by atoms with van der Waals surface area (Å²) in [6.07, 6.45) is 1.94. The van der Waals surface area contributed by atoms with Crippen LogP contribution in [0.25, 0.3) is 0 Å². The van der Waals surface area contributed by atoms with Crippen LogP contribution < -0.4 is 9.62 Å². The van der Waals surface area contributed by atoms with Gasteiger partial charge in [0.25, 0.3) is 0 Å². The molecule has 0 radical (unpaired) electrons. The summed E-state index contributed by atoms with van der Waals surface area (Å²) in [6, 6.07) is 20.3. The maximum absolute atomic E-state index is 14.1. The van der Waals surface area contributed by atoms with Crippen LogP contribution in [-0.4, -0.2) is 50.0 Å². The molecule has 3 aromatic carbocycles. The van der Waals surface area contributed by atoms with E-state index in [0.29, 0.717) is 6.42 Å². The van der Waals surface area contributed by atoms with Crippen LogP contribution in [0.3, 0.4) is 0 Å². The third kappa shape index (κ3) is 8.70. The molecular formula is C29H32BrCl2N3O4S. The molecule has 7 nitrogen and oxygen atoms in total. The molecule has 2 unspecified atom stereocenters. The molecule has 3 aromatic rings. The van der Waals surface area contributed by atoms with E-state index in [0.717, 1.165) is 26.2 Å². The SMILES string of the molecule is CCC(C)NC(=O)C(Cc1ccccc1)N(Cc1ccc(Br)cc1)C(=O)CN(c1cccc(Cl)c1Cl)S(C)(=O)=O. The second-order valence-electron chi connectivity index (χ2n) is 9.51. The van der Waals surface area contributed by atoms with Crippen molar-refractivity contribution in [3.8, 4) is 0 Å². The molecule has 40 heavy (non-hydrogen) atoms. The number of hydrogen-bond acceptors (Lipinski definition) is 4. The van der Waals surface area contributed by atoms with E-state index >= 15 is 0 Å². The van der Waals surface area contributed by atoms with Crippen LogP contribution in [0, 0.1) is 0 Å². The number of hydrogen-bond donors (Lipinski definition) is 1. The quantitative estimate of drug-likeness (QED) is 0.254. The zero-order chi connectivity index (χ0) is 29.4. The molecule has 0 saturated carbocycles. The number of anilines is 1. The number of amides is 2. The zero-order valence-corrected chi connectivity index (χ0v) is 26.4. The molecule has 11 heteroatoms. The van der Waals surface area contributed by atoms with Crippen molar-refractivity contribution in [1.82, 2.24) is 10.2 Å². The highest BCUT2D eigenvalue weighted by Crippen LogP contribution is 2.34. The van der Waals surface area contributed by atoms with E-state index in [1.54, 1.807) is 6.07 Å². The van der Waals surface area contributed by atoms with Gasteiger partial charge in [0.05, 0.1) is 22.0 Å². The van der Waals surface area contributed by atoms with Crippen LogP contribution in [0.15, 0.2) is 77.3 Å². The van der Waals surface area contributed by atoms with Gasteiger partial charge >= 0.3 is 0 Å². The molecule has 0 heterocycles. The van der Waals surface area contributed by atoms with Gasteiger partial charge in [0.1, 0.15) is 12.6 Å². The molecule has 0 aliphatic rings. The fourth-order valence-corrected chi connectivity index (χ4v) is 5.63. The lowest BCUT2D eigenvalue weighted by molar-refractivity contribution is -0.140. The molecular weight excluding hydrogens is 637 g/mol. The van der Waals surface area contributed by atoms with Gasteiger partial charge in [-0.25, -0.2) is 8.42 Å². The van der Waals surface area contributed by atoms with Crippen molar-refractivity contribution < 1.29 is 18.0 Å². The number of nitrogens with one attached hydrogen (secondary N) is 1. The van der Waals surface area contributed by atoms with E-state index in [-0.39, 0.29) is 40.6 Å². The van der Waals surface area contributed by atoms with Crippen molar-refractivity contribution in [2.24, 2.45) is 0 Å². The molecule has 0 fully saturated rings. The summed E-state index contributed by atoms with van der Waals surface area (Å²) in [7, 11) is -3.96. The number of carbonyl (C=O) groups is 2. The van der Waals surface area contributed by atoms with Crippen molar-refractivity contribution in [3.05, 3.63) is 98.4 Å². The van der Waals surface area contributed by atoms with Crippen molar-refractivity contribution in [3.63, 3.8) is 0 Å². The van der Waals surface area contributed by atoms with Gasteiger partial charge < -0.3 is 10.2 Å². The normalized spacial score (nSPS) is 12.8. The number of halogens is 3. The molecule has 0 aromatic heterocycles. The maximum atomic E-state index is 14.1. The lowest BCUT2D eigenvalue weighted by Gasteiger charge is -2.34. The fourth-order valence-electron chi connectivity index (χ4n) is 4.06. The Kier molecular flexibility index (Phi) is 11.5. The van der Waals surface area contributed by atoms with E-state index in [1.807, 2.05) is 68.4 Å². The monoisotopic (exact) mass is 667 g/mol. The smallest absolute Gasteiger partial charge is 0.244 e. The molecule has 0 aliphatic heterocycles. The van der Waals surface area contributed by atoms with Crippen molar-refractivity contribution >= 4 is 66.7 Å². The highest BCUT2D eigenvalue weighted by molar-refractivity contribution is 9.10. The first-order chi connectivity index (χ1) is 18.9. The minimum atomic E-state index is -3.96. The van der Waals surface area contributed by atoms with Crippen LogP contribution in [-0.2, 0) is 32.6 Å². The van der Waals surface area contributed by atoms with Crippen molar-refractivity contribution in [2.45, 2.75) is 45.3 Å². The van der Waals surface area contributed by atoms with Crippen LogP contribution in [0.5, 0.6) is 0 Å². The number of carbonyl (C=O) groups excluding carboxylic acids is 2. The first-order valence-electron chi connectivity index (χ1n) is 12.7. The molecule has 1 N–H and O–H groups in total. The second kappa shape index (κ2) is 14.3. The third-order valence-corrected chi connectivity index (χ3v) is 8.88. The predicted octanol–water partition coefficient (Wildman–Crippen LogP) is 6.08. The molecule has 2 amide bonds. The standard InChI is InChI=1S/C29H32BrCl2N3O4S/c1-4-20(2)33-29(37)26(17-21-9-6-5-7-10-21)34(18-22-13-15-23(30)16-14-22)27(36)19-35(40(3,38)39)25-12-8-11-24(31)28(25)32/h5-16,20,26H,4,17-19H2,1-3H3,(H,33,37). The first kappa shape index (κ1) is 31.9. The Morgan fingerprint density at radius 1 is 0.950 bits per heavy atom. The number of nitrogens with zero attached hydrogens (tertiary/aromatic N) is 2. The van der Waals surface area contributed by atoms with Gasteiger partial charge in [0, 0.05) is 23.5 Å². The van der Waals surface area contributed by atoms with Crippen LogP contribution >= 0.6 is 39.1 Å². The summed E-state index contributed by atoms with van der Waals surface area (Å²) in [5.74, 6) is -0.889. The average molecular weight is 669 g/mol. The van der Waals surface area contributed by atoms with Gasteiger partial charge in [-0.3, -0.25) is 13.9 Å². The second-order valence-corrected chi connectivity index (χ2v) is 13.1. The van der Waals surface area contributed by atoms with E-state index < -0.39 is 28.5 Å². The Bertz CT molecular complexity index is 1420. The molecule has 0 spiro atoms. The van der Waals surface area contributed by atoms with Gasteiger partial charge in [0.15, 0.2) is 0 Å². The van der Waals surface area contributed by atoms with Crippen molar-refractivity contribution in [2.75, 3.05) is 17.1 Å². The highest BCUT2D eigenvalue weighted by atomic mass is 79.9. The van der Waals surface area contributed by atoms with Gasteiger partial charge in [-0.05, 0) is 48.7 Å². The van der Waals surface area contributed by atoms with Gasteiger partial charge in [0.2, 0.25) is 21.8 Å². The van der Waals surface area contributed by atoms with Crippen molar-refractivity contribution in [1.29, 1.82) is 0 Å². The average Bonchev–Trinajstić information content (AvgIpc) is 2.91. The van der Waals surface area contributed by atoms with Gasteiger partial charge in [-0.15, -0.1) is 0 Å². The fraction of sp³-hybridized carbons (Fsp3) is 0.310. The molecule has 0 bridgehead atoms. The number of benzene rings is 3. The predicted molar refractivity (Wildman–Crippen MR) is 165 cm³/mol.